The second-order valence-corrected chi connectivity index (χ2v) is 4.58. The van der Waals surface area contributed by atoms with Crippen molar-refractivity contribution in [3.05, 3.63) is 0 Å². The third kappa shape index (κ3) is 5.02. The Bertz CT molecular complexity index is 222. The molecule has 0 bridgehead atoms. The first kappa shape index (κ1) is 14.4. The highest BCUT2D eigenvalue weighted by molar-refractivity contribution is 5.36. The minimum atomic E-state index is 0.420. The van der Waals surface area contributed by atoms with E-state index in [2.05, 4.69) is 4.74 Å². The third-order valence-corrected chi connectivity index (χ3v) is 3.40. The topological polar surface area (TPSA) is 64.8 Å². The van der Waals surface area contributed by atoms with Gasteiger partial charge < -0.3 is 15.3 Å². The first-order valence-corrected chi connectivity index (χ1v) is 6.32. The average Bonchev–Trinajstić information content (AvgIpc) is 3.16. The molecule has 2 fully saturated rings. The monoisotopic (exact) mass is 244 g/mol. The fraction of sp³-hybridized carbons (Fsp3) is 0.917. The first-order chi connectivity index (χ1) is 8.22. The van der Waals surface area contributed by atoms with Crippen LogP contribution in [0.4, 0.5) is 0 Å². The molecule has 0 aromatic rings. The van der Waals surface area contributed by atoms with Gasteiger partial charge in [0.2, 0.25) is 0 Å². The van der Waals surface area contributed by atoms with Crippen molar-refractivity contribution in [2.24, 2.45) is 17.6 Å². The SMILES string of the molecule is CCOC=O.CON1CCC(N)C(C2CC2)C1. The highest BCUT2D eigenvalue weighted by atomic mass is 16.7. The molecule has 2 N–H and O–H groups in total. The van der Waals surface area contributed by atoms with E-state index < -0.39 is 0 Å². The van der Waals surface area contributed by atoms with Crippen molar-refractivity contribution in [1.82, 2.24) is 5.06 Å². The summed E-state index contributed by atoms with van der Waals surface area (Å²) < 4.78 is 4.15. The Balaban J connectivity index is 0.000000249. The predicted octanol–water partition coefficient (Wildman–Crippen LogP) is 0.786. The van der Waals surface area contributed by atoms with Crippen molar-refractivity contribution in [1.29, 1.82) is 0 Å². The van der Waals surface area contributed by atoms with Gasteiger partial charge in [-0.2, -0.15) is 5.06 Å². The lowest BCUT2D eigenvalue weighted by Crippen LogP contribution is -2.47. The predicted molar refractivity (Wildman–Crippen MR) is 65.1 cm³/mol. The van der Waals surface area contributed by atoms with Gasteiger partial charge in [-0.05, 0) is 38.0 Å². The Morgan fingerprint density at radius 1 is 1.41 bits per heavy atom. The van der Waals surface area contributed by atoms with Crippen LogP contribution >= 0.6 is 0 Å². The van der Waals surface area contributed by atoms with Crippen LogP contribution in [0.15, 0.2) is 0 Å². The van der Waals surface area contributed by atoms with Gasteiger partial charge in [0, 0.05) is 19.1 Å². The maximum Gasteiger partial charge on any atom is 0.293 e. The molecule has 1 aliphatic heterocycles. The Kier molecular flexibility index (Phi) is 6.47. The van der Waals surface area contributed by atoms with Gasteiger partial charge in [0.25, 0.3) is 6.47 Å². The number of hydrogen-bond acceptors (Lipinski definition) is 5. The molecular formula is C12H24N2O3. The summed E-state index contributed by atoms with van der Waals surface area (Å²) in [6.45, 7) is 4.71. The van der Waals surface area contributed by atoms with Crippen LogP contribution in [-0.4, -0.2) is 44.4 Å². The Hall–Kier alpha value is -0.650. The molecule has 17 heavy (non-hydrogen) atoms. The van der Waals surface area contributed by atoms with Crippen LogP contribution < -0.4 is 5.73 Å². The van der Waals surface area contributed by atoms with E-state index in [1.165, 1.54) is 12.8 Å². The zero-order valence-corrected chi connectivity index (χ0v) is 10.8. The number of nitrogens with zero attached hydrogens (tertiary/aromatic N) is 1. The van der Waals surface area contributed by atoms with E-state index in [4.69, 9.17) is 10.6 Å². The fourth-order valence-electron chi connectivity index (χ4n) is 2.23. The Morgan fingerprint density at radius 2 is 2.12 bits per heavy atom. The molecule has 1 saturated carbocycles. The molecule has 100 valence electrons. The summed E-state index contributed by atoms with van der Waals surface area (Å²) in [5.74, 6) is 1.59. The molecule has 0 aromatic heterocycles. The molecule has 1 heterocycles. The van der Waals surface area contributed by atoms with Crippen LogP contribution in [0.2, 0.25) is 0 Å². The highest BCUT2D eigenvalue weighted by Crippen LogP contribution is 2.40. The summed E-state index contributed by atoms with van der Waals surface area (Å²) in [6, 6.07) is 0.420. The van der Waals surface area contributed by atoms with Gasteiger partial charge in [0.1, 0.15) is 0 Å². The minimum Gasteiger partial charge on any atom is -0.468 e. The molecule has 2 unspecified atom stereocenters. The lowest BCUT2D eigenvalue weighted by Gasteiger charge is -2.35. The number of rotatable bonds is 4. The summed E-state index contributed by atoms with van der Waals surface area (Å²) in [4.78, 5) is 14.4. The van der Waals surface area contributed by atoms with Gasteiger partial charge in [-0.3, -0.25) is 4.79 Å². The molecule has 0 radical (unpaired) electrons. The van der Waals surface area contributed by atoms with Crippen molar-refractivity contribution < 1.29 is 14.4 Å². The van der Waals surface area contributed by atoms with Crippen LogP contribution in [-0.2, 0) is 14.4 Å². The highest BCUT2D eigenvalue weighted by Gasteiger charge is 2.38. The molecule has 2 aliphatic rings. The van der Waals surface area contributed by atoms with E-state index >= 15 is 0 Å². The van der Waals surface area contributed by atoms with Crippen molar-refractivity contribution in [3.8, 4) is 0 Å². The number of nitrogens with two attached hydrogens (primary N) is 1. The average molecular weight is 244 g/mol. The summed E-state index contributed by atoms with van der Waals surface area (Å²) >= 11 is 0. The van der Waals surface area contributed by atoms with Crippen LogP contribution in [0.3, 0.4) is 0 Å². The lowest BCUT2D eigenvalue weighted by atomic mass is 9.90. The van der Waals surface area contributed by atoms with Crippen LogP contribution in [0.1, 0.15) is 26.2 Å². The summed E-state index contributed by atoms with van der Waals surface area (Å²) in [6.07, 6.45) is 3.86. The molecule has 0 aromatic carbocycles. The third-order valence-electron chi connectivity index (χ3n) is 3.40. The smallest absolute Gasteiger partial charge is 0.293 e. The van der Waals surface area contributed by atoms with E-state index in [9.17, 15) is 4.79 Å². The van der Waals surface area contributed by atoms with Gasteiger partial charge in [-0.1, -0.05) is 0 Å². The van der Waals surface area contributed by atoms with Gasteiger partial charge in [0.15, 0.2) is 0 Å². The second-order valence-electron chi connectivity index (χ2n) is 4.58. The van der Waals surface area contributed by atoms with E-state index in [1.54, 1.807) is 14.0 Å². The minimum absolute atomic E-state index is 0.420. The van der Waals surface area contributed by atoms with E-state index in [-0.39, 0.29) is 0 Å². The van der Waals surface area contributed by atoms with Gasteiger partial charge in [0.05, 0.1) is 13.7 Å². The molecule has 2 atom stereocenters. The number of ether oxygens (including phenoxy) is 1. The maximum atomic E-state index is 9.18. The molecule has 5 nitrogen and oxygen atoms in total. The molecular weight excluding hydrogens is 220 g/mol. The number of carbonyl (C=O) groups is 1. The fourth-order valence-corrected chi connectivity index (χ4v) is 2.23. The quantitative estimate of drug-likeness (QED) is 0.741. The molecule has 1 aliphatic carbocycles. The molecule has 1 saturated heterocycles. The number of carbonyl (C=O) groups excluding carboxylic acids is 1. The Labute approximate surface area is 103 Å². The van der Waals surface area contributed by atoms with Crippen molar-refractivity contribution in [2.75, 3.05) is 26.8 Å². The first-order valence-electron chi connectivity index (χ1n) is 6.32. The second kappa shape index (κ2) is 7.63. The van der Waals surface area contributed by atoms with Crippen molar-refractivity contribution >= 4 is 6.47 Å². The zero-order chi connectivity index (χ0) is 12.7. The summed E-state index contributed by atoms with van der Waals surface area (Å²) in [7, 11) is 1.75. The van der Waals surface area contributed by atoms with Crippen molar-refractivity contribution in [2.45, 2.75) is 32.2 Å². The number of hydroxylamine groups is 2. The van der Waals surface area contributed by atoms with Gasteiger partial charge >= 0.3 is 0 Å². The zero-order valence-electron chi connectivity index (χ0n) is 10.8. The van der Waals surface area contributed by atoms with Gasteiger partial charge in [-0.25, -0.2) is 0 Å². The molecule has 0 spiro atoms. The molecule has 5 heteroatoms. The van der Waals surface area contributed by atoms with E-state index in [0.29, 0.717) is 25.0 Å². The molecule has 0 amide bonds. The maximum absolute atomic E-state index is 9.18. The van der Waals surface area contributed by atoms with Crippen LogP contribution in [0.5, 0.6) is 0 Å². The van der Waals surface area contributed by atoms with Crippen molar-refractivity contribution in [3.63, 3.8) is 0 Å². The van der Waals surface area contributed by atoms with Gasteiger partial charge in [-0.15, -0.1) is 0 Å². The van der Waals surface area contributed by atoms with Crippen LogP contribution in [0, 0.1) is 11.8 Å². The largest absolute Gasteiger partial charge is 0.468 e. The number of piperidine rings is 1. The van der Waals surface area contributed by atoms with E-state index in [1.807, 2.05) is 5.06 Å². The molecule has 2 rings (SSSR count). The van der Waals surface area contributed by atoms with E-state index in [0.717, 1.165) is 25.4 Å². The number of hydrogen-bond donors (Lipinski definition) is 1. The normalized spacial score (nSPS) is 29.1. The summed E-state index contributed by atoms with van der Waals surface area (Å²) in [5.41, 5.74) is 6.05. The summed E-state index contributed by atoms with van der Waals surface area (Å²) in [5, 5.41) is 2.05. The van der Waals surface area contributed by atoms with Crippen LogP contribution in [0.25, 0.3) is 0 Å². The Morgan fingerprint density at radius 3 is 2.53 bits per heavy atom. The lowest BCUT2D eigenvalue weighted by molar-refractivity contribution is -0.157. The standard InChI is InChI=1S/C9H18N2O.C3H6O2/c1-12-11-5-4-9(10)8(6-11)7-2-3-7;1-2-5-3-4/h7-9H,2-6,10H2,1H3;3H,2H2,1H3.